The van der Waals surface area contributed by atoms with Gasteiger partial charge in [-0.25, -0.2) is 0 Å². The molecule has 0 bridgehead atoms. The van der Waals surface area contributed by atoms with Crippen molar-refractivity contribution in [3.63, 3.8) is 0 Å². The van der Waals surface area contributed by atoms with E-state index < -0.39 is 0 Å². The third-order valence-electron chi connectivity index (χ3n) is 3.15. The lowest BCUT2D eigenvalue weighted by Gasteiger charge is -2.23. The first kappa shape index (κ1) is 12.5. The Balaban J connectivity index is 2.25. The largest absolute Gasteiger partial charge is 0.496 e. The van der Waals surface area contributed by atoms with Crippen LogP contribution in [-0.4, -0.2) is 13.7 Å². The van der Waals surface area contributed by atoms with Crippen LogP contribution in [0.2, 0.25) is 0 Å². The van der Waals surface area contributed by atoms with E-state index in [0.717, 1.165) is 17.1 Å². The summed E-state index contributed by atoms with van der Waals surface area (Å²) in [5.74, 6) is 1.74. The minimum atomic E-state index is 0.616. The molecule has 0 saturated carbocycles. The number of rotatable bonds is 2. The van der Waals surface area contributed by atoms with Crippen LogP contribution in [0.3, 0.4) is 0 Å². The molecule has 19 heavy (non-hydrogen) atoms. The Morgan fingerprint density at radius 1 is 1.05 bits per heavy atom. The Bertz CT molecular complexity index is 632. The van der Waals surface area contributed by atoms with Crippen molar-refractivity contribution in [2.24, 2.45) is 0 Å². The maximum atomic E-state index is 5.78. The molecule has 0 spiro atoms. The van der Waals surface area contributed by atoms with Gasteiger partial charge in [0.2, 0.25) is 0 Å². The standard InChI is InChI=1S/C16H13IO2/c1-18-13-8-5-9-14-16(13)15(12(17)10-19-14)11-6-3-2-4-7-11/h2-9H,10H2,1H3. The number of hydrogen-bond donors (Lipinski definition) is 0. The molecular weight excluding hydrogens is 351 g/mol. The Labute approximate surface area is 126 Å². The van der Waals surface area contributed by atoms with Crippen LogP contribution in [0.1, 0.15) is 11.1 Å². The summed E-state index contributed by atoms with van der Waals surface area (Å²) in [7, 11) is 1.69. The first-order chi connectivity index (χ1) is 9.31. The topological polar surface area (TPSA) is 18.5 Å². The van der Waals surface area contributed by atoms with Gasteiger partial charge in [0.05, 0.1) is 12.7 Å². The molecule has 0 amide bonds. The van der Waals surface area contributed by atoms with Gasteiger partial charge in [0.1, 0.15) is 18.1 Å². The van der Waals surface area contributed by atoms with Crippen LogP contribution in [0.25, 0.3) is 5.57 Å². The third kappa shape index (κ3) is 2.23. The second-order valence-corrected chi connectivity index (χ2v) is 5.57. The molecule has 2 aromatic carbocycles. The van der Waals surface area contributed by atoms with Crippen molar-refractivity contribution in [3.8, 4) is 11.5 Å². The highest BCUT2D eigenvalue weighted by Gasteiger charge is 2.23. The van der Waals surface area contributed by atoms with E-state index in [1.165, 1.54) is 14.7 Å². The molecular formula is C16H13IO2. The van der Waals surface area contributed by atoms with Gasteiger partial charge in [-0.3, -0.25) is 0 Å². The minimum absolute atomic E-state index is 0.616. The maximum absolute atomic E-state index is 5.78. The molecule has 1 aliphatic rings. The summed E-state index contributed by atoms with van der Waals surface area (Å²) in [5.41, 5.74) is 3.45. The van der Waals surface area contributed by atoms with E-state index in [-0.39, 0.29) is 0 Å². The van der Waals surface area contributed by atoms with Crippen LogP contribution >= 0.6 is 22.6 Å². The Hall–Kier alpha value is -1.49. The van der Waals surface area contributed by atoms with E-state index in [4.69, 9.17) is 9.47 Å². The lowest BCUT2D eigenvalue weighted by atomic mass is 9.94. The van der Waals surface area contributed by atoms with Gasteiger partial charge in [-0.05, 0) is 40.3 Å². The Kier molecular flexibility index (Phi) is 3.46. The van der Waals surface area contributed by atoms with Gasteiger partial charge in [0.25, 0.3) is 0 Å². The second-order valence-electron chi connectivity index (χ2n) is 4.27. The number of methoxy groups -OCH3 is 1. The summed E-state index contributed by atoms with van der Waals surface area (Å²) < 4.78 is 12.5. The van der Waals surface area contributed by atoms with Crippen molar-refractivity contribution in [2.75, 3.05) is 13.7 Å². The fourth-order valence-electron chi connectivity index (χ4n) is 2.30. The fraction of sp³-hybridized carbons (Fsp3) is 0.125. The minimum Gasteiger partial charge on any atom is -0.496 e. The number of ether oxygens (including phenoxy) is 2. The molecule has 0 saturated heterocycles. The van der Waals surface area contributed by atoms with Gasteiger partial charge in [0, 0.05) is 9.15 Å². The summed E-state index contributed by atoms with van der Waals surface area (Å²) >= 11 is 2.35. The molecule has 2 aromatic rings. The van der Waals surface area contributed by atoms with Gasteiger partial charge in [-0.1, -0.05) is 36.4 Å². The van der Waals surface area contributed by atoms with Gasteiger partial charge in [0.15, 0.2) is 0 Å². The zero-order chi connectivity index (χ0) is 13.2. The lowest BCUT2D eigenvalue weighted by Crippen LogP contribution is -2.10. The molecule has 3 rings (SSSR count). The van der Waals surface area contributed by atoms with E-state index >= 15 is 0 Å². The van der Waals surface area contributed by atoms with Crippen molar-refractivity contribution >= 4 is 28.2 Å². The van der Waals surface area contributed by atoms with Gasteiger partial charge >= 0.3 is 0 Å². The molecule has 96 valence electrons. The van der Waals surface area contributed by atoms with Crippen LogP contribution in [0, 0.1) is 0 Å². The molecule has 0 atom stereocenters. The predicted molar refractivity (Wildman–Crippen MR) is 85.0 cm³/mol. The zero-order valence-electron chi connectivity index (χ0n) is 10.5. The van der Waals surface area contributed by atoms with E-state index in [0.29, 0.717) is 6.61 Å². The molecule has 1 heterocycles. The molecule has 1 aliphatic heterocycles. The van der Waals surface area contributed by atoms with Gasteiger partial charge in [-0.15, -0.1) is 0 Å². The smallest absolute Gasteiger partial charge is 0.131 e. The molecule has 0 N–H and O–H groups in total. The summed E-state index contributed by atoms with van der Waals surface area (Å²) in [6.45, 7) is 0.616. The number of benzene rings is 2. The van der Waals surface area contributed by atoms with Gasteiger partial charge < -0.3 is 9.47 Å². The van der Waals surface area contributed by atoms with Crippen molar-refractivity contribution in [1.82, 2.24) is 0 Å². The van der Waals surface area contributed by atoms with Gasteiger partial charge in [-0.2, -0.15) is 0 Å². The average molecular weight is 364 g/mol. The lowest BCUT2D eigenvalue weighted by molar-refractivity contribution is 0.348. The van der Waals surface area contributed by atoms with Crippen LogP contribution < -0.4 is 9.47 Å². The van der Waals surface area contributed by atoms with Crippen LogP contribution in [0.5, 0.6) is 11.5 Å². The maximum Gasteiger partial charge on any atom is 0.131 e. The molecule has 0 radical (unpaired) electrons. The van der Waals surface area contributed by atoms with Crippen molar-refractivity contribution in [2.45, 2.75) is 0 Å². The Morgan fingerprint density at radius 2 is 1.84 bits per heavy atom. The normalized spacial score (nSPS) is 13.8. The van der Waals surface area contributed by atoms with Crippen LogP contribution in [0.15, 0.2) is 52.1 Å². The monoisotopic (exact) mass is 364 g/mol. The highest BCUT2D eigenvalue weighted by atomic mass is 127. The van der Waals surface area contributed by atoms with Crippen molar-refractivity contribution < 1.29 is 9.47 Å². The number of fused-ring (bicyclic) bond motifs is 1. The molecule has 0 fully saturated rings. The van der Waals surface area contributed by atoms with E-state index in [9.17, 15) is 0 Å². The quantitative estimate of drug-likeness (QED) is 0.741. The van der Waals surface area contributed by atoms with Crippen LogP contribution in [-0.2, 0) is 0 Å². The number of hydrogen-bond acceptors (Lipinski definition) is 2. The molecule has 0 unspecified atom stereocenters. The van der Waals surface area contributed by atoms with Crippen LogP contribution in [0.4, 0.5) is 0 Å². The van der Waals surface area contributed by atoms with E-state index in [1.54, 1.807) is 7.11 Å². The second kappa shape index (κ2) is 5.25. The highest BCUT2D eigenvalue weighted by molar-refractivity contribution is 14.1. The SMILES string of the molecule is COc1cccc2c1C(c1ccccc1)=C(I)CO2. The zero-order valence-corrected chi connectivity index (χ0v) is 12.7. The van der Waals surface area contributed by atoms with Crippen molar-refractivity contribution in [1.29, 1.82) is 0 Å². The molecule has 3 heteroatoms. The summed E-state index contributed by atoms with van der Waals surface area (Å²) in [6, 6.07) is 16.3. The summed E-state index contributed by atoms with van der Waals surface area (Å²) in [5, 5.41) is 0. The summed E-state index contributed by atoms with van der Waals surface area (Å²) in [6.07, 6.45) is 0. The predicted octanol–water partition coefficient (Wildman–Crippen LogP) is 4.28. The molecule has 2 nitrogen and oxygen atoms in total. The molecule has 0 aliphatic carbocycles. The Morgan fingerprint density at radius 3 is 2.58 bits per heavy atom. The first-order valence-electron chi connectivity index (χ1n) is 6.05. The summed E-state index contributed by atoms with van der Waals surface area (Å²) in [4.78, 5) is 0. The highest BCUT2D eigenvalue weighted by Crippen LogP contribution is 2.44. The van der Waals surface area contributed by atoms with E-state index in [2.05, 4.69) is 46.9 Å². The fourth-order valence-corrected chi connectivity index (χ4v) is 3.04. The average Bonchev–Trinajstić information content (AvgIpc) is 2.47. The first-order valence-corrected chi connectivity index (χ1v) is 7.13. The van der Waals surface area contributed by atoms with Crippen molar-refractivity contribution in [3.05, 3.63) is 63.2 Å². The molecule has 0 aromatic heterocycles. The van der Waals surface area contributed by atoms with E-state index in [1.807, 2.05) is 24.3 Å². The number of halogens is 1. The third-order valence-corrected chi connectivity index (χ3v) is 4.00.